The minimum Gasteiger partial charge on any atom is -0.333 e. The number of fused-ring (bicyclic) bond motifs is 1. The first kappa shape index (κ1) is 22.4. The average Bonchev–Trinajstić information content (AvgIpc) is 3.05. The standard InChI is InChI=1S/C18H25N5O.2ClH/c19-11-7-2-1-6-10-17(24)22-12-13-23-16(14-22)20-21-18(23)15-8-4-3-5-9-15;;/h3-5,8-9H,1-2,6-7,10-14,19H2;2*1H. The van der Waals surface area contributed by atoms with Gasteiger partial charge in [0.05, 0.1) is 6.54 Å². The quantitative estimate of drug-likeness (QED) is 0.725. The molecule has 1 aliphatic heterocycles. The average molecular weight is 400 g/mol. The van der Waals surface area contributed by atoms with E-state index in [-0.39, 0.29) is 30.7 Å². The highest BCUT2D eigenvalue weighted by atomic mass is 35.5. The number of benzene rings is 1. The van der Waals surface area contributed by atoms with Crippen molar-refractivity contribution in [1.82, 2.24) is 19.7 Å². The molecule has 0 radical (unpaired) electrons. The number of unbranched alkanes of at least 4 members (excludes halogenated alkanes) is 3. The van der Waals surface area contributed by atoms with Gasteiger partial charge in [0.15, 0.2) is 11.6 Å². The summed E-state index contributed by atoms with van der Waals surface area (Å²) in [6, 6.07) is 10.1. The number of nitrogens with two attached hydrogens (primary N) is 1. The van der Waals surface area contributed by atoms with Crippen LogP contribution in [0.4, 0.5) is 0 Å². The van der Waals surface area contributed by atoms with Crippen LogP contribution in [0.25, 0.3) is 11.4 Å². The summed E-state index contributed by atoms with van der Waals surface area (Å²) in [6.07, 6.45) is 4.79. The van der Waals surface area contributed by atoms with Gasteiger partial charge in [0.2, 0.25) is 5.91 Å². The highest BCUT2D eigenvalue weighted by Crippen LogP contribution is 2.22. The summed E-state index contributed by atoms with van der Waals surface area (Å²) in [6.45, 7) is 2.78. The van der Waals surface area contributed by atoms with E-state index < -0.39 is 0 Å². The van der Waals surface area contributed by atoms with Crippen LogP contribution in [0.3, 0.4) is 0 Å². The van der Waals surface area contributed by atoms with Crippen molar-refractivity contribution < 1.29 is 4.79 Å². The smallest absolute Gasteiger partial charge is 0.223 e. The third-order valence-corrected chi connectivity index (χ3v) is 4.48. The summed E-state index contributed by atoms with van der Waals surface area (Å²) < 4.78 is 2.13. The van der Waals surface area contributed by atoms with Crippen LogP contribution < -0.4 is 5.73 Å². The first-order chi connectivity index (χ1) is 11.8. The first-order valence-corrected chi connectivity index (χ1v) is 8.75. The van der Waals surface area contributed by atoms with E-state index in [9.17, 15) is 4.79 Å². The molecular weight excluding hydrogens is 373 g/mol. The Bertz CT molecular complexity index is 677. The molecule has 2 aromatic rings. The van der Waals surface area contributed by atoms with Crippen LogP contribution >= 0.6 is 24.8 Å². The van der Waals surface area contributed by atoms with Crippen LogP contribution in [-0.4, -0.2) is 38.7 Å². The van der Waals surface area contributed by atoms with Crippen molar-refractivity contribution in [2.45, 2.75) is 45.2 Å². The number of carbonyl (C=O) groups excluding carboxylic acids is 1. The predicted octanol–water partition coefficient (Wildman–Crippen LogP) is 3.04. The number of hydrogen-bond acceptors (Lipinski definition) is 4. The second-order valence-corrected chi connectivity index (χ2v) is 6.23. The second kappa shape index (κ2) is 11.2. The van der Waals surface area contributed by atoms with Gasteiger partial charge < -0.3 is 15.2 Å². The molecule has 0 unspecified atom stereocenters. The minimum atomic E-state index is 0. The molecule has 0 bridgehead atoms. The molecule has 26 heavy (non-hydrogen) atoms. The Balaban J connectivity index is 0.00000169. The number of aromatic nitrogens is 3. The Morgan fingerprint density at radius 1 is 1.00 bits per heavy atom. The Morgan fingerprint density at radius 2 is 1.73 bits per heavy atom. The van der Waals surface area contributed by atoms with Crippen molar-refractivity contribution in [3.8, 4) is 11.4 Å². The topological polar surface area (TPSA) is 77.0 Å². The summed E-state index contributed by atoms with van der Waals surface area (Å²) in [5, 5.41) is 8.61. The van der Waals surface area contributed by atoms with Gasteiger partial charge in [-0.3, -0.25) is 4.79 Å². The van der Waals surface area contributed by atoms with Crippen molar-refractivity contribution in [2.75, 3.05) is 13.1 Å². The molecule has 2 N–H and O–H groups in total. The fourth-order valence-corrected chi connectivity index (χ4v) is 3.10. The van der Waals surface area contributed by atoms with Gasteiger partial charge in [-0.25, -0.2) is 0 Å². The molecule has 1 aromatic heterocycles. The molecule has 1 aliphatic rings. The lowest BCUT2D eigenvalue weighted by molar-refractivity contribution is -0.132. The van der Waals surface area contributed by atoms with Crippen molar-refractivity contribution >= 4 is 30.7 Å². The third kappa shape index (κ3) is 5.43. The van der Waals surface area contributed by atoms with Gasteiger partial charge in [0.25, 0.3) is 0 Å². The zero-order valence-corrected chi connectivity index (χ0v) is 16.5. The Hall–Kier alpha value is -1.63. The Morgan fingerprint density at radius 3 is 2.46 bits per heavy atom. The number of carbonyl (C=O) groups is 1. The molecule has 144 valence electrons. The van der Waals surface area contributed by atoms with Gasteiger partial charge in [-0.1, -0.05) is 43.2 Å². The van der Waals surface area contributed by atoms with Crippen molar-refractivity contribution in [2.24, 2.45) is 5.73 Å². The summed E-state index contributed by atoms with van der Waals surface area (Å²) >= 11 is 0. The molecule has 0 saturated carbocycles. The zero-order valence-electron chi connectivity index (χ0n) is 14.8. The molecule has 0 spiro atoms. The zero-order chi connectivity index (χ0) is 16.8. The number of halogens is 2. The van der Waals surface area contributed by atoms with Crippen LogP contribution in [0.1, 0.15) is 37.9 Å². The second-order valence-electron chi connectivity index (χ2n) is 6.23. The summed E-state index contributed by atoms with van der Waals surface area (Å²) in [4.78, 5) is 14.3. The maximum Gasteiger partial charge on any atom is 0.223 e. The van der Waals surface area contributed by atoms with E-state index in [0.29, 0.717) is 13.0 Å². The van der Waals surface area contributed by atoms with Crippen molar-refractivity contribution in [1.29, 1.82) is 0 Å². The lowest BCUT2D eigenvalue weighted by Gasteiger charge is -2.28. The van der Waals surface area contributed by atoms with Crippen LogP contribution in [0.5, 0.6) is 0 Å². The Labute approximate surface area is 167 Å². The normalized spacial score (nSPS) is 12.7. The minimum absolute atomic E-state index is 0. The van der Waals surface area contributed by atoms with Crippen LogP contribution in [0.2, 0.25) is 0 Å². The van der Waals surface area contributed by atoms with E-state index in [1.54, 1.807) is 0 Å². The van der Waals surface area contributed by atoms with Gasteiger partial charge in [0, 0.05) is 25.1 Å². The molecule has 0 fully saturated rings. The molecule has 1 aromatic carbocycles. The van der Waals surface area contributed by atoms with E-state index in [1.807, 2.05) is 35.2 Å². The molecular formula is C18H27Cl2N5O. The largest absolute Gasteiger partial charge is 0.333 e. The van der Waals surface area contributed by atoms with E-state index in [1.165, 1.54) is 0 Å². The summed E-state index contributed by atoms with van der Waals surface area (Å²) in [7, 11) is 0. The number of nitrogens with zero attached hydrogens (tertiary/aromatic N) is 4. The number of amides is 1. The first-order valence-electron chi connectivity index (χ1n) is 8.75. The molecule has 2 heterocycles. The molecule has 0 saturated heterocycles. The van der Waals surface area contributed by atoms with Gasteiger partial charge in [-0.15, -0.1) is 35.0 Å². The molecule has 1 amide bonds. The fraction of sp³-hybridized carbons (Fsp3) is 0.500. The van der Waals surface area contributed by atoms with Crippen molar-refractivity contribution in [3.63, 3.8) is 0 Å². The number of hydrogen-bond donors (Lipinski definition) is 1. The monoisotopic (exact) mass is 399 g/mol. The van der Waals surface area contributed by atoms with Gasteiger partial charge in [0.1, 0.15) is 0 Å². The SMILES string of the molecule is Cl.Cl.NCCCCCCC(=O)N1CCn2c(nnc2-c2ccccc2)C1. The third-order valence-electron chi connectivity index (χ3n) is 4.48. The molecule has 8 heteroatoms. The lowest BCUT2D eigenvalue weighted by atomic mass is 10.1. The fourth-order valence-electron chi connectivity index (χ4n) is 3.10. The van der Waals surface area contributed by atoms with E-state index in [0.717, 1.165) is 62.5 Å². The molecule has 6 nitrogen and oxygen atoms in total. The lowest BCUT2D eigenvalue weighted by Crippen LogP contribution is -2.38. The van der Waals surface area contributed by atoms with Gasteiger partial charge in [-0.2, -0.15) is 0 Å². The van der Waals surface area contributed by atoms with Crippen LogP contribution in [0.15, 0.2) is 30.3 Å². The van der Waals surface area contributed by atoms with E-state index in [4.69, 9.17) is 5.73 Å². The Kier molecular flexibility index (Phi) is 9.62. The number of rotatable bonds is 7. The van der Waals surface area contributed by atoms with Crippen LogP contribution in [0, 0.1) is 0 Å². The van der Waals surface area contributed by atoms with E-state index >= 15 is 0 Å². The molecule has 3 rings (SSSR count). The summed E-state index contributed by atoms with van der Waals surface area (Å²) in [5.74, 6) is 1.98. The van der Waals surface area contributed by atoms with Gasteiger partial charge >= 0.3 is 0 Å². The highest BCUT2D eigenvalue weighted by molar-refractivity contribution is 5.85. The maximum absolute atomic E-state index is 12.4. The van der Waals surface area contributed by atoms with Crippen molar-refractivity contribution in [3.05, 3.63) is 36.2 Å². The van der Waals surface area contributed by atoms with Gasteiger partial charge in [-0.05, 0) is 19.4 Å². The maximum atomic E-state index is 12.4. The molecule has 0 atom stereocenters. The van der Waals surface area contributed by atoms with Crippen LogP contribution in [-0.2, 0) is 17.9 Å². The molecule has 0 aliphatic carbocycles. The predicted molar refractivity (Wildman–Crippen MR) is 108 cm³/mol. The highest BCUT2D eigenvalue weighted by Gasteiger charge is 2.24. The van der Waals surface area contributed by atoms with E-state index in [2.05, 4.69) is 14.8 Å². The summed E-state index contributed by atoms with van der Waals surface area (Å²) in [5.41, 5.74) is 6.55.